The molecule has 1 fully saturated rings. The van der Waals surface area contributed by atoms with Gasteiger partial charge in [0.05, 0.1) is 20.8 Å². The van der Waals surface area contributed by atoms with Crippen LogP contribution >= 0.6 is 0 Å². The van der Waals surface area contributed by atoms with E-state index in [0.717, 1.165) is 31.7 Å². The summed E-state index contributed by atoms with van der Waals surface area (Å²) in [5.74, 6) is 2.61. The van der Waals surface area contributed by atoms with E-state index >= 15 is 0 Å². The SMILES string of the molecule is COc1ccc(C(=O)N2CCC(CCOc3ccccc3)C2)cc1OC. The first-order valence-electron chi connectivity index (χ1n) is 8.90. The Hall–Kier alpha value is -2.69. The van der Waals surface area contributed by atoms with Crippen molar-refractivity contribution in [2.24, 2.45) is 5.92 Å². The van der Waals surface area contributed by atoms with Gasteiger partial charge >= 0.3 is 0 Å². The Bertz CT molecular complexity index is 732. The van der Waals surface area contributed by atoms with Crippen LogP contribution in [0.3, 0.4) is 0 Å². The van der Waals surface area contributed by atoms with Crippen LogP contribution in [0.2, 0.25) is 0 Å². The lowest BCUT2D eigenvalue weighted by Gasteiger charge is -2.18. The minimum absolute atomic E-state index is 0.0393. The number of benzene rings is 2. The average molecular weight is 355 g/mol. The molecule has 2 aromatic rings. The highest BCUT2D eigenvalue weighted by Gasteiger charge is 2.27. The fourth-order valence-corrected chi connectivity index (χ4v) is 3.26. The summed E-state index contributed by atoms with van der Waals surface area (Å²) in [6.45, 7) is 2.22. The first-order valence-corrected chi connectivity index (χ1v) is 8.90. The Morgan fingerprint density at radius 3 is 2.58 bits per heavy atom. The van der Waals surface area contributed by atoms with Gasteiger partial charge in [-0.2, -0.15) is 0 Å². The molecule has 1 unspecified atom stereocenters. The van der Waals surface area contributed by atoms with Crippen LogP contribution in [-0.4, -0.2) is 44.7 Å². The van der Waals surface area contributed by atoms with Gasteiger partial charge in [0.1, 0.15) is 5.75 Å². The van der Waals surface area contributed by atoms with Crippen LogP contribution in [0.1, 0.15) is 23.2 Å². The minimum Gasteiger partial charge on any atom is -0.494 e. The molecule has 1 amide bonds. The van der Waals surface area contributed by atoms with E-state index in [2.05, 4.69) is 0 Å². The molecule has 0 saturated carbocycles. The second-order valence-corrected chi connectivity index (χ2v) is 6.43. The predicted octanol–water partition coefficient (Wildman–Crippen LogP) is 3.64. The fourth-order valence-electron chi connectivity index (χ4n) is 3.26. The van der Waals surface area contributed by atoms with Gasteiger partial charge in [0.2, 0.25) is 0 Å². The Kier molecular flexibility index (Phi) is 6.00. The molecule has 3 rings (SSSR count). The van der Waals surface area contributed by atoms with E-state index < -0.39 is 0 Å². The monoisotopic (exact) mass is 355 g/mol. The van der Waals surface area contributed by atoms with E-state index in [0.29, 0.717) is 29.6 Å². The normalized spacial score (nSPS) is 16.4. The number of ether oxygens (including phenoxy) is 3. The molecule has 5 nitrogen and oxygen atoms in total. The molecule has 1 heterocycles. The van der Waals surface area contributed by atoms with E-state index in [-0.39, 0.29) is 5.91 Å². The van der Waals surface area contributed by atoms with Crippen molar-refractivity contribution in [1.29, 1.82) is 0 Å². The summed E-state index contributed by atoms with van der Waals surface area (Å²) >= 11 is 0. The second kappa shape index (κ2) is 8.61. The van der Waals surface area contributed by atoms with Crippen molar-refractivity contribution >= 4 is 5.91 Å². The Balaban J connectivity index is 1.52. The van der Waals surface area contributed by atoms with Crippen molar-refractivity contribution in [2.75, 3.05) is 33.9 Å². The molecule has 0 bridgehead atoms. The van der Waals surface area contributed by atoms with Gasteiger partial charge in [-0.25, -0.2) is 0 Å². The molecule has 138 valence electrons. The van der Waals surface area contributed by atoms with Crippen LogP contribution in [0.15, 0.2) is 48.5 Å². The lowest BCUT2D eigenvalue weighted by atomic mass is 10.1. The molecule has 0 radical (unpaired) electrons. The molecular formula is C21H25NO4. The van der Waals surface area contributed by atoms with Gasteiger partial charge in [-0.3, -0.25) is 4.79 Å². The third-order valence-electron chi connectivity index (χ3n) is 4.74. The van der Waals surface area contributed by atoms with Crippen LogP contribution in [0.5, 0.6) is 17.2 Å². The molecule has 0 spiro atoms. The first-order chi connectivity index (χ1) is 12.7. The summed E-state index contributed by atoms with van der Waals surface area (Å²) in [5.41, 5.74) is 0.629. The highest BCUT2D eigenvalue weighted by molar-refractivity contribution is 5.95. The van der Waals surface area contributed by atoms with Crippen LogP contribution in [0.25, 0.3) is 0 Å². The van der Waals surface area contributed by atoms with Gasteiger partial charge in [0.15, 0.2) is 11.5 Å². The number of likely N-dealkylation sites (tertiary alicyclic amines) is 1. The maximum atomic E-state index is 12.8. The molecule has 5 heteroatoms. The Morgan fingerprint density at radius 2 is 1.85 bits per heavy atom. The molecule has 0 aliphatic carbocycles. The predicted molar refractivity (Wildman–Crippen MR) is 100 cm³/mol. The fraction of sp³-hybridized carbons (Fsp3) is 0.381. The molecule has 1 aliphatic heterocycles. The number of carbonyl (C=O) groups excluding carboxylic acids is 1. The maximum absolute atomic E-state index is 12.8. The van der Waals surface area contributed by atoms with E-state index in [1.54, 1.807) is 32.4 Å². The van der Waals surface area contributed by atoms with Gasteiger partial charge in [-0.1, -0.05) is 18.2 Å². The Labute approximate surface area is 154 Å². The summed E-state index contributed by atoms with van der Waals surface area (Å²) in [7, 11) is 3.16. The zero-order valence-electron chi connectivity index (χ0n) is 15.3. The van der Waals surface area contributed by atoms with Crippen molar-refractivity contribution in [3.05, 3.63) is 54.1 Å². The van der Waals surface area contributed by atoms with Gasteiger partial charge in [-0.15, -0.1) is 0 Å². The van der Waals surface area contributed by atoms with Crippen molar-refractivity contribution in [3.63, 3.8) is 0 Å². The van der Waals surface area contributed by atoms with Crippen molar-refractivity contribution in [1.82, 2.24) is 4.90 Å². The molecule has 1 aliphatic rings. The number of hydrogen-bond acceptors (Lipinski definition) is 4. The van der Waals surface area contributed by atoms with Crippen molar-refractivity contribution in [2.45, 2.75) is 12.8 Å². The summed E-state index contributed by atoms with van der Waals surface area (Å²) in [4.78, 5) is 14.7. The van der Waals surface area contributed by atoms with Crippen LogP contribution < -0.4 is 14.2 Å². The maximum Gasteiger partial charge on any atom is 0.254 e. The summed E-state index contributed by atoms with van der Waals surface area (Å²) in [6, 6.07) is 15.1. The van der Waals surface area contributed by atoms with Crippen molar-refractivity contribution in [3.8, 4) is 17.2 Å². The zero-order valence-corrected chi connectivity index (χ0v) is 15.3. The average Bonchev–Trinajstić information content (AvgIpc) is 3.16. The minimum atomic E-state index is 0.0393. The number of hydrogen-bond donors (Lipinski definition) is 0. The number of carbonyl (C=O) groups is 1. The number of para-hydroxylation sites is 1. The lowest BCUT2D eigenvalue weighted by Crippen LogP contribution is -2.28. The molecule has 0 aromatic heterocycles. The van der Waals surface area contributed by atoms with E-state index in [4.69, 9.17) is 14.2 Å². The zero-order chi connectivity index (χ0) is 18.4. The quantitative estimate of drug-likeness (QED) is 0.761. The van der Waals surface area contributed by atoms with Gasteiger partial charge in [0.25, 0.3) is 5.91 Å². The molecule has 0 N–H and O–H groups in total. The lowest BCUT2D eigenvalue weighted by molar-refractivity contribution is 0.0785. The van der Waals surface area contributed by atoms with E-state index in [1.165, 1.54) is 0 Å². The number of nitrogens with zero attached hydrogens (tertiary/aromatic N) is 1. The third kappa shape index (κ3) is 4.28. The van der Waals surface area contributed by atoms with Crippen LogP contribution in [0.4, 0.5) is 0 Å². The van der Waals surface area contributed by atoms with Crippen molar-refractivity contribution < 1.29 is 19.0 Å². The van der Waals surface area contributed by atoms with Crippen LogP contribution in [-0.2, 0) is 0 Å². The number of amides is 1. The molecule has 26 heavy (non-hydrogen) atoms. The summed E-state index contributed by atoms with van der Waals surface area (Å²) < 4.78 is 16.3. The molecule has 2 aromatic carbocycles. The van der Waals surface area contributed by atoms with Gasteiger partial charge in [0, 0.05) is 18.7 Å². The topological polar surface area (TPSA) is 48.0 Å². The van der Waals surface area contributed by atoms with E-state index in [9.17, 15) is 4.79 Å². The van der Waals surface area contributed by atoms with Gasteiger partial charge < -0.3 is 19.1 Å². The number of rotatable bonds is 7. The molecule has 1 atom stereocenters. The highest BCUT2D eigenvalue weighted by Crippen LogP contribution is 2.29. The van der Waals surface area contributed by atoms with E-state index in [1.807, 2.05) is 35.2 Å². The highest BCUT2D eigenvalue weighted by atomic mass is 16.5. The largest absolute Gasteiger partial charge is 0.494 e. The second-order valence-electron chi connectivity index (χ2n) is 6.43. The third-order valence-corrected chi connectivity index (χ3v) is 4.74. The summed E-state index contributed by atoms with van der Waals surface area (Å²) in [6.07, 6.45) is 1.96. The smallest absolute Gasteiger partial charge is 0.254 e. The summed E-state index contributed by atoms with van der Waals surface area (Å²) in [5, 5.41) is 0. The van der Waals surface area contributed by atoms with Crippen LogP contribution in [0, 0.1) is 5.92 Å². The Morgan fingerprint density at radius 1 is 1.08 bits per heavy atom. The first kappa shape index (κ1) is 18.1. The van der Waals surface area contributed by atoms with Gasteiger partial charge in [-0.05, 0) is 49.1 Å². The number of methoxy groups -OCH3 is 2. The standard InChI is InChI=1S/C21H25NO4/c1-24-19-9-8-17(14-20(19)25-2)21(23)22-12-10-16(15-22)11-13-26-18-6-4-3-5-7-18/h3-9,14,16H,10-13,15H2,1-2H3. The molecule has 1 saturated heterocycles. The molecular weight excluding hydrogens is 330 g/mol.